The molecule has 13 heavy (non-hydrogen) atoms. The van der Waals surface area contributed by atoms with Crippen molar-refractivity contribution in [3.63, 3.8) is 0 Å². The molecule has 0 spiro atoms. The molecule has 4 atom stereocenters. The smallest absolute Gasteiger partial charge is 0.0357 e. The van der Waals surface area contributed by atoms with E-state index in [-0.39, 0.29) is 0 Å². The van der Waals surface area contributed by atoms with Gasteiger partial charge in [0.1, 0.15) is 0 Å². The first kappa shape index (κ1) is 11.1. The summed E-state index contributed by atoms with van der Waals surface area (Å²) in [4.78, 5) is 0. The lowest BCUT2D eigenvalue weighted by Gasteiger charge is -2.27. The van der Waals surface area contributed by atoms with Gasteiger partial charge in [0.25, 0.3) is 0 Å². The molecule has 0 nitrogen and oxygen atoms in total. The molecule has 0 heterocycles. The van der Waals surface area contributed by atoms with E-state index >= 15 is 0 Å². The summed E-state index contributed by atoms with van der Waals surface area (Å²) in [6.07, 6.45) is 7.64. The maximum atomic E-state index is 2.47. The number of hydrogen-bond donors (Lipinski definition) is 0. The SMILES string of the molecule is CC.CC1CC2CCCCC2C1C. The second kappa shape index (κ2) is 5.02. The Morgan fingerprint density at radius 2 is 1.54 bits per heavy atom. The molecule has 0 heteroatoms. The van der Waals surface area contributed by atoms with Gasteiger partial charge >= 0.3 is 0 Å². The first-order chi connectivity index (χ1) is 6.29. The standard InChI is InChI=1S/C11H20.C2H6/c1-8-7-10-5-3-4-6-11(10)9(8)2;1-2/h8-11H,3-7H2,1-2H3;1-2H3. The van der Waals surface area contributed by atoms with Crippen LogP contribution in [-0.4, -0.2) is 0 Å². The van der Waals surface area contributed by atoms with Gasteiger partial charge in [-0.1, -0.05) is 47.0 Å². The number of rotatable bonds is 0. The van der Waals surface area contributed by atoms with Crippen molar-refractivity contribution in [3.8, 4) is 0 Å². The van der Waals surface area contributed by atoms with Gasteiger partial charge in [-0.2, -0.15) is 0 Å². The summed E-state index contributed by atoms with van der Waals surface area (Å²) in [6, 6.07) is 0. The van der Waals surface area contributed by atoms with E-state index in [4.69, 9.17) is 0 Å². The third-order valence-electron chi connectivity index (χ3n) is 4.22. The van der Waals surface area contributed by atoms with Crippen molar-refractivity contribution in [1.29, 1.82) is 0 Å². The van der Waals surface area contributed by atoms with E-state index in [1.807, 2.05) is 13.8 Å². The molecule has 0 aromatic heterocycles. The van der Waals surface area contributed by atoms with Crippen molar-refractivity contribution in [2.45, 2.75) is 59.8 Å². The Balaban J connectivity index is 0.000000396. The lowest BCUT2D eigenvalue weighted by molar-refractivity contribution is 0.232. The Kier molecular flexibility index (Phi) is 4.28. The van der Waals surface area contributed by atoms with Gasteiger partial charge in [0, 0.05) is 0 Å². The second-order valence-electron chi connectivity index (χ2n) is 4.78. The van der Waals surface area contributed by atoms with Gasteiger partial charge in [0.05, 0.1) is 0 Å². The molecular weight excluding hydrogens is 156 g/mol. The highest BCUT2D eigenvalue weighted by Crippen LogP contribution is 2.48. The van der Waals surface area contributed by atoms with Crippen LogP contribution in [0.15, 0.2) is 0 Å². The molecule has 0 bridgehead atoms. The predicted octanol–water partition coefficient (Wildman–Crippen LogP) is 4.49. The van der Waals surface area contributed by atoms with E-state index < -0.39 is 0 Å². The molecule has 0 aromatic rings. The van der Waals surface area contributed by atoms with E-state index in [2.05, 4.69) is 13.8 Å². The van der Waals surface area contributed by atoms with Crippen molar-refractivity contribution >= 4 is 0 Å². The minimum atomic E-state index is 1.02. The minimum Gasteiger partial charge on any atom is -0.0683 e. The molecule has 2 aliphatic rings. The average Bonchev–Trinajstić information content (AvgIpc) is 2.47. The molecule has 0 aliphatic heterocycles. The highest BCUT2D eigenvalue weighted by atomic mass is 14.4. The summed E-state index contributed by atoms with van der Waals surface area (Å²) in [5.74, 6) is 4.27. The molecule has 2 rings (SSSR count). The minimum absolute atomic E-state index is 1.02. The van der Waals surface area contributed by atoms with Crippen LogP contribution in [0.25, 0.3) is 0 Å². The van der Waals surface area contributed by atoms with Crippen LogP contribution < -0.4 is 0 Å². The highest BCUT2D eigenvalue weighted by Gasteiger charge is 2.38. The van der Waals surface area contributed by atoms with Crippen LogP contribution in [-0.2, 0) is 0 Å². The summed E-state index contributed by atoms with van der Waals surface area (Å²) >= 11 is 0. The van der Waals surface area contributed by atoms with Crippen LogP contribution >= 0.6 is 0 Å². The maximum Gasteiger partial charge on any atom is -0.0357 e. The molecule has 0 radical (unpaired) electrons. The second-order valence-corrected chi connectivity index (χ2v) is 4.78. The average molecular weight is 182 g/mol. The van der Waals surface area contributed by atoms with Gasteiger partial charge in [-0.25, -0.2) is 0 Å². The molecule has 0 N–H and O–H groups in total. The quantitative estimate of drug-likeness (QED) is 0.517. The Bertz CT molecular complexity index is 139. The Morgan fingerprint density at radius 3 is 2.15 bits per heavy atom. The van der Waals surface area contributed by atoms with Crippen LogP contribution in [0.4, 0.5) is 0 Å². The van der Waals surface area contributed by atoms with E-state index in [1.165, 1.54) is 25.7 Å². The monoisotopic (exact) mass is 182 g/mol. The Labute approximate surface area is 84.1 Å². The van der Waals surface area contributed by atoms with Crippen LogP contribution in [0.2, 0.25) is 0 Å². The van der Waals surface area contributed by atoms with Crippen molar-refractivity contribution in [1.82, 2.24) is 0 Å². The van der Waals surface area contributed by atoms with E-state index in [1.54, 1.807) is 6.42 Å². The molecule has 78 valence electrons. The fourth-order valence-electron chi connectivity index (χ4n) is 3.34. The summed E-state index contributed by atoms with van der Waals surface area (Å²) in [6.45, 7) is 8.92. The molecular formula is C13H26. The van der Waals surface area contributed by atoms with Crippen LogP contribution in [0.5, 0.6) is 0 Å². The van der Waals surface area contributed by atoms with Gasteiger partial charge in [0.15, 0.2) is 0 Å². The van der Waals surface area contributed by atoms with E-state index in [0.29, 0.717) is 0 Å². The van der Waals surface area contributed by atoms with Crippen molar-refractivity contribution in [2.75, 3.05) is 0 Å². The van der Waals surface area contributed by atoms with E-state index in [0.717, 1.165) is 23.7 Å². The zero-order valence-electron chi connectivity index (χ0n) is 9.84. The van der Waals surface area contributed by atoms with Gasteiger partial charge in [-0.3, -0.25) is 0 Å². The highest BCUT2D eigenvalue weighted by molar-refractivity contribution is 4.88. The van der Waals surface area contributed by atoms with Gasteiger partial charge < -0.3 is 0 Å². The molecule has 2 aliphatic carbocycles. The van der Waals surface area contributed by atoms with E-state index in [9.17, 15) is 0 Å². The number of fused-ring (bicyclic) bond motifs is 1. The summed E-state index contributed by atoms with van der Waals surface area (Å²) < 4.78 is 0. The lowest BCUT2D eigenvalue weighted by atomic mass is 9.78. The maximum absolute atomic E-state index is 2.47. The molecule has 2 saturated carbocycles. The van der Waals surface area contributed by atoms with Crippen molar-refractivity contribution < 1.29 is 0 Å². The molecule has 0 aromatic carbocycles. The first-order valence-corrected chi connectivity index (χ1v) is 6.29. The van der Waals surface area contributed by atoms with Crippen molar-refractivity contribution in [2.24, 2.45) is 23.7 Å². The van der Waals surface area contributed by atoms with Gasteiger partial charge in [-0.15, -0.1) is 0 Å². The Morgan fingerprint density at radius 1 is 0.923 bits per heavy atom. The summed E-state index contributed by atoms with van der Waals surface area (Å²) in [5.41, 5.74) is 0. The third kappa shape index (κ3) is 2.27. The predicted molar refractivity (Wildman–Crippen MR) is 59.7 cm³/mol. The Hall–Kier alpha value is 0. The summed E-state index contributed by atoms with van der Waals surface area (Å²) in [5, 5.41) is 0. The molecule has 4 unspecified atom stereocenters. The lowest BCUT2D eigenvalue weighted by Crippen LogP contribution is -2.17. The van der Waals surface area contributed by atoms with Gasteiger partial charge in [-0.05, 0) is 36.5 Å². The fourth-order valence-corrected chi connectivity index (χ4v) is 3.34. The first-order valence-electron chi connectivity index (χ1n) is 6.29. The summed E-state index contributed by atoms with van der Waals surface area (Å²) in [7, 11) is 0. The molecule has 0 amide bonds. The molecule has 0 saturated heterocycles. The van der Waals surface area contributed by atoms with Crippen LogP contribution in [0.1, 0.15) is 59.8 Å². The number of hydrogen-bond acceptors (Lipinski definition) is 0. The normalized spacial score (nSPS) is 43.4. The van der Waals surface area contributed by atoms with Crippen molar-refractivity contribution in [3.05, 3.63) is 0 Å². The largest absolute Gasteiger partial charge is 0.0683 e. The molecule has 2 fully saturated rings. The van der Waals surface area contributed by atoms with Crippen LogP contribution in [0.3, 0.4) is 0 Å². The van der Waals surface area contributed by atoms with Gasteiger partial charge in [0.2, 0.25) is 0 Å². The fraction of sp³-hybridized carbons (Fsp3) is 1.00. The zero-order chi connectivity index (χ0) is 9.84. The zero-order valence-corrected chi connectivity index (χ0v) is 9.84. The third-order valence-corrected chi connectivity index (χ3v) is 4.22. The topological polar surface area (TPSA) is 0 Å². The van der Waals surface area contributed by atoms with Crippen LogP contribution in [0, 0.1) is 23.7 Å².